The van der Waals surface area contributed by atoms with E-state index in [0.717, 1.165) is 28.1 Å². The van der Waals surface area contributed by atoms with Crippen molar-refractivity contribution >= 4 is 11.6 Å². The third-order valence-corrected chi connectivity index (χ3v) is 5.35. The molecule has 0 aliphatic carbocycles. The van der Waals surface area contributed by atoms with Crippen molar-refractivity contribution in [3.63, 3.8) is 0 Å². The maximum absolute atomic E-state index is 13.4. The standard InChI is InChI=1S/C24H20N4O2/c29-20-10-6-9-18(13-20)23-21-11-4-5-12-22(21)28(24(23)30)16-19-15-27(26-25-19)14-17-7-2-1-3-8-17/h1-13,15,23,29H,14,16H2/t23-/m1/s1. The van der Waals surface area contributed by atoms with Crippen molar-refractivity contribution in [3.8, 4) is 5.75 Å². The fourth-order valence-electron chi connectivity index (χ4n) is 4.00. The largest absolute Gasteiger partial charge is 0.508 e. The second-order valence-electron chi connectivity index (χ2n) is 7.40. The number of phenolic OH excluding ortho intramolecular Hbond substituents is 1. The normalized spacial score (nSPS) is 15.4. The van der Waals surface area contributed by atoms with Gasteiger partial charge in [0, 0.05) is 5.69 Å². The molecule has 0 unspecified atom stereocenters. The first kappa shape index (κ1) is 18.1. The predicted molar refractivity (Wildman–Crippen MR) is 113 cm³/mol. The number of carbonyl (C=O) groups excluding carboxylic acids is 1. The molecule has 0 bridgehead atoms. The van der Waals surface area contributed by atoms with E-state index in [9.17, 15) is 9.90 Å². The Morgan fingerprint density at radius 2 is 1.70 bits per heavy atom. The minimum atomic E-state index is -0.437. The minimum absolute atomic E-state index is 0.0283. The highest BCUT2D eigenvalue weighted by molar-refractivity contribution is 6.06. The van der Waals surface area contributed by atoms with Crippen LogP contribution in [0, 0.1) is 0 Å². The van der Waals surface area contributed by atoms with Crippen molar-refractivity contribution in [3.05, 3.63) is 107 Å². The number of amides is 1. The number of phenols is 1. The van der Waals surface area contributed by atoms with Crippen molar-refractivity contribution in [2.75, 3.05) is 4.90 Å². The molecule has 2 heterocycles. The van der Waals surface area contributed by atoms with E-state index in [-0.39, 0.29) is 11.7 Å². The maximum atomic E-state index is 13.4. The van der Waals surface area contributed by atoms with Gasteiger partial charge in [0.2, 0.25) is 5.91 Å². The maximum Gasteiger partial charge on any atom is 0.239 e. The van der Waals surface area contributed by atoms with Crippen LogP contribution in [0.5, 0.6) is 5.75 Å². The second kappa shape index (κ2) is 7.48. The van der Waals surface area contributed by atoms with Crippen molar-refractivity contribution in [2.45, 2.75) is 19.0 Å². The molecule has 1 aromatic heterocycles. The summed E-state index contributed by atoms with van der Waals surface area (Å²) in [7, 11) is 0. The van der Waals surface area contributed by atoms with E-state index in [1.807, 2.05) is 66.9 Å². The number of rotatable bonds is 5. The Labute approximate surface area is 174 Å². The van der Waals surface area contributed by atoms with Crippen LogP contribution in [0.2, 0.25) is 0 Å². The second-order valence-corrected chi connectivity index (χ2v) is 7.40. The van der Waals surface area contributed by atoms with E-state index in [2.05, 4.69) is 10.3 Å². The molecule has 1 aliphatic heterocycles. The smallest absolute Gasteiger partial charge is 0.239 e. The third kappa shape index (κ3) is 3.33. The molecule has 1 amide bonds. The number of para-hydroxylation sites is 1. The van der Waals surface area contributed by atoms with E-state index >= 15 is 0 Å². The van der Waals surface area contributed by atoms with Gasteiger partial charge in [0.1, 0.15) is 11.4 Å². The zero-order chi connectivity index (χ0) is 20.5. The first-order valence-corrected chi connectivity index (χ1v) is 9.81. The fraction of sp³-hybridized carbons (Fsp3) is 0.125. The van der Waals surface area contributed by atoms with Gasteiger partial charge in [-0.3, -0.25) is 4.79 Å². The van der Waals surface area contributed by atoms with Crippen LogP contribution in [0.15, 0.2) is 85.1 Å². The number of fused-ring (bicyclic) bond motifs is 1. The average molecular weight is 396 g/mol. The molecule has 0 radical (unpaired) electrons. The molecule has 6 heteroatoms. The van der Waals surface area contributed by atoms with Crippen molar-refractivity contribution in [1.82, 2.24) is 15.0 Å². The topological polar surface area (TPSA) is 71.2 Å². The Morgan fingerprint density at radius 3 is 2.53 bits per heavy atom. The summed E-state index contributed by atoms with van der Waals surface area (Å²) < 4.78 is 1.78. The van der Waals surface area contributed by atoms with Gasteiger partial charge in [0.25, 0.3) is 0 Å². The van der Waals surface area contributed by atoms with E-state index in [0.29, 0.717) is 13.1 Å². The summed E-state index contributed by atoms with van der Waals surface area (Å²) in [5.41, 5.74) is 4.45. The SMILES string of the molecule is O=C1[C@H](c2cccc(O)c2)c2ccccc2N1Cc1cn(Cc2ccccc2)nn1. The third-order valence-electron chi connectivity index (χ3n) is 5.35. The number of anilines is 1. The number of hydrogen-bond acceptors (Lipinski definition) is 4. The Hall–Kier alpha value is -3.93. The Bertz CT molecular complexity index is 1200. The van der Waals surface area contributed by atoms with Crippen molar-refractivity contribution in [1.29, 1.82) is 0 Å². The van der Waals surface area contributed by atoms with Gasteiger partial charge >= 0.3 is 0 Å². The van der Waals surface area contributed by atoms with E-state index in [1.165, 1.54) is 0 Å². The summed E-state index contributed by atoms with van der Waals surface area (Å²) in [6.45, 7) is 0.976. The predicted octanol–water partition coefficient (Wildman–Crippen LogP) is 3.71. The molecule has 3 aromatic carbocycles. The monoisotopic (exact) mass is 396 g/mol. The van der Waals surface area contributed by atoms with Gasteiger partial charge in [-0.1, -0.05) is 65.9 Å². The van der Waals surface area contributed by atoms with Crippen LogP contribution in [0.4, 0.5) is 5.69 Å². The van der Waals surface area contributed by atoms with E-state index < -0.39 is 5.92 Å². The van der Waals surface area contributed by atoms with E-state index in [4.69, 9.17) is 0 Å². The molecule has 0 saturated carbocycles. The quantitative estimate of drug-likeness (QED) is 0.558. The molecular weight excluding hydrogens is 376 g/mol. The van der Waals surface area contributed by atoms with Crippen LogP contribution in [0.3, 0.4) is 0 Å². The van der Waals surface area contributed by atoms with Crippen LogP contribution in [0.25, 0.3) is 0 Å². The van der Waals surface area contributed by atoms with Gasteiger partial charge in [-0.05, 0) is 34.9 Å². The Kier molecular flexibility index (Phi) is 4.52. The Morgan fingerprint density at radius 1 is 0.900 bits per heavy atom. The van der Waals surface area contributed by atoms with Crippen LogP contribution in [0.1, 0.15) is 28.3 Å². The highest BCUT2D eigenvalue weighted by Crippen LogP contribution is 2.42. The first-order valence-electron chi connectivity index (χ1n) is 9.81. The van der Waals surface area contributed by atoms with Crippen LogP contribution < -0.4 is 4.90 Å². The zero-order valence-corrected chi connectivity index (χ0v) is 16.2. The molecule has 148 valence electrons. The van der Waals surface area contributed by atoms with Gasteiger partial charge in [0.05, 0.1) is 25.2 Å². The van der Waals surface area contributed by atoms with Crippen LogP contribution in [-0.4, -0.2) is 26.0 Å². The molecule has 6 nitrogen and oxygen atoms in total. The summed E-state index contributed by atoms with van der Waals surface area (Å²) in [6, 6.07) is 24.7. The summed E-state index contributed by atoms with van der Waals surface area (Å²) in [5.74, 6) is -0.313. The zero-order valence-electron chi connectivity index (χ0n) is 16.2. The molecule has 30 heavy (non-hydrogen) atoms. The lowest BCUT2D eigenvalue weighted by Crippen LogP contribution is -2.28. The van der Waals surface area contributed by atoms with Gasteiger partial charge in [-0.2, -0.15) is 0 Å². The minimum Gasteiger partial charge on any atom is -0.508 e. The molecule has 0 fully saturated rings. The number of aromatic nitrogens is 3. The van der Waals surface area contributed by atoms with Crippen molar-refractivity contribution in [2.24, 2.45) is 0 Å². The van der Waals surface area contributed by atoms with Crippen LogP contribution >= 0.6 is 0 Å². The molecule has 1 N–H and O–H groups in total. The lowest BCUT2D eigenvalue weighted by atomic mass is 9.92. The summed E-state index contributed by atoms with van der Waals surface area (Å²) in [6.07, 6.45) is 1.88. The summed E-state index contributed by atoms with van der Waals surface area (Å²) in [4.78, 5) is 15.1. The molecule has 0 saturated heterocycles. The lowest BCUT2D eigenvalue weighted by molar-refractivity contribution is -0.118. The number of benzene rings is 3. The molecule has 0 spiro atoms. The lowest BCUT2D eigenvalue weighted by Gasteiger charge is -2.16. The molecule has 4 aromatic rings. The van der Waals surface area contributed by atoms with Gasteiger partial charge in [0.15, 0.2) is 0 Å². The number of carbonyl (C=O) groups is 1. The Balaban J connectivity index is 1.42. The van der Waals surface area contributed by atoms with Crippen LogP contribution in [-0.2, 0) is 17.9 Å². The number of hydrogen-bond donors (Lipinski definition) is 1. The summed E-state index contributed by atoms with van der Waals surface area (Å²) in [5, 5.41) is 18.4. The van der Waals surface area contributed by atoms with Gasteiger partial charge < -0.3 is 10.0 Å². The molecule has 1 atom stereocenters. The van der Waals surface area contributed by atoms with Gasteiger partial charge in [-0.25, -0.2) is 4.68 Å². The molecule has 1 aliphatic rings. The summed E-state index contributed by atoms with van der Waals surface area (Å²) >= 11 is 0. The number of aromatic hydroxyl groups is 1. The van der Waals surface area contributed by atoms with E-state index in [1.54, 1.807) is 27.8 Å². The molecule has 5 rings (SSSR count). The van der Waals surface area contributed by atoms with Gasteiger partial charge in [-0.15, -0.1) is 5.10 Å². The average Bonchev–Trinajstić information content (AvgIpc) is 3.31. The first-order chi connectivity index (χ1) is 14.7. The highest BCUT2D eigenvalue weighted by atomic mass is 16.3. The number of nitrogens with zero attached hydrogens (tertiary/aromatic N) is 4. The fourth-order valence-corrected chi connectivity index (χ4v) is 4.00. The highest BCUT2D eigenvalue weighted by Gasteiger charge is 2.38. The van der Waals surface area contributed by atoms with Crippen molar-refractivity contribution < 1.29 is 9.90 Å². The molecular formula is C24H20N4O2.